The minimum atomic E-state index is -0.134. The van der Waals surface area contributed by atoms with Gasteiger partial charge in [0.05, 0.1) is 0 Å². The van der Waals surface area contributed by atoms with Crippen LogP contribution in [0.3, 0.4) is 0 Å². The summed E-state index contributed by atoms with van der Waals surface area (Å²) in [5.74, 6) is -0.194. The van der Waals surface area contributed by atoms with Crippen molar-refractivity contribution >= 4 is 17.5 Å². The van der Waals surface area contributed by atoms with Crippen molar-refractivity contribution in [3.8, 4) is 0 Å². The Morgan fingerprint density at radius 1 is 1.50 bits per heavy atom. The van der Waals surface area contributed by atoms with Gasteiger partial charge in [-0.3, -0.25) is 9.59 Å². The maximum absolute atomic E-state index is 12.3. The van der Waals surface area contributed by atoms with Gasteiger partial charge < -0.3 is 10.0 Å². The normalized spacial score (nSPS) is 23.8. The van der Waals surface area contributed by atoms with Crippen LogP contribution >= 0.6 is 0 Å². The number of nitrogens with zero attached hydrogens (tertiary/aromatic N) is 2. The predicted octanol–water partition coefficient (Wildman–Crippen LogP) is 0.0159. The van der Waals surface area contributed by atoms with Gasteiger partial charge in [-0.25, -0.2) is 5.43 Å². The molecule has 2 rings (SSSR count). The third-order valence-electron chi connectivity index (χ3n) is 3.48. The molecule has 6 nitrogen and oxygen atoms in total. The molecule has 0 aromatic rings. The first-order valence-corrected chi connectivity index (χ1v) is 6.49. The van der Waals surface area contributed by atoms with E-state index in [4.69, 9.17) is 5.11 Å². The van der Waals surface area contributed by atoms with Crippen LogP contribution < -0.4 is 5.43 Å². The van der Waals surface area contributed by atoms with Gasteiger partial charge in [-0.2, -0.15) is 5.10 Å². The van der Waals surface area contributed by atoms with Crippen molar-refractivity contribution in [2.45, 2.75) is 44.6 Å². The molecule has 1 atom stereocenters. The van der Waals surface area contributed by atoms with E-state index < -0.39 is 0 Å². The number of amides is 2. The van der Waals surface area contributed by atoms with Gasteiger partial charge in [0.2, 0.25) is 5.91 Å². The Morgan fingerprint density at radius 2 is 2.33 bits per heavy atom. The van der Waals surface area contributed by atoms with Crippen LogP contribution in [0.2, 0.25) is 0 Å². The molecule has 0 aliphatic carbocycles. The lowest BCUT2D eigenvalue weighted by Crippen LogP contribution is -2.42. The quantitative estimate of drug-likeness (QED) is 0.740. The summed E-state index contributed by atoms with van der Waals surface area (Å²) in [6.45, 7) is 0.914. The van der Waals surface area contributed by atoms with E-state index in [2.05, 4.69) is 10.5 Å². The third kappa shape index (κ3) is 2.87. The molecule has 18 heavy (non-hydrogen) atoms. The van der Waals surface area contributed by atoms with Crippen LogP contribution in [-0.2, 0) is 9.59 Å². The van der Waals surface area contributed by atoms with Crippen LogP contribution in [0.1, 0.15) is 38.5 Å². The number of aliphatic hydroxyl groups excluding tert-OH is 1. The number of hydrogen-bond donors (Lipinski definition) is 2. The second-order valence-electron chi connectivity index (χ2n) is 4.75. The average Bonchev–Trinajstić information content (AvgIpc) is 2.84. The van der Waals surface area contributed by atoms with E-state index in [-0.39, 0.29) is 24.5 Å². The molecule has 2 aliphatic heterocycles. The summed E-state index contributed by atoms with van der Waals surface area (Å²) in [4.78, 5) is 25.1. The van der Waals surface area contributed by atoms with Crippen LogP contribution in [0.15, 0.2) is 5.10 Å². The zero-order valence-corrected chi connectivity index (χ0v) is 10.4. The molecule has 2 aliphatic rings. The van der Waals surface area contributed by atoms with E-state index in [0.29, 0.717) is 18.6 Å². The van der Waals surface area contributed by atoms with Crippen molar-refractivity contribution in [1.29, 1.82) is 0 Å². The van der Waals surface area contributed by atoms with Crippen molar-refractivity contribution < 1.29 is 14.7 Å². The molecule has 1 unspecified atom stereocenters. The summed E-state index contributed by atoms with van der Waals surface area (Å²) in [5, 5.41) is 12.7. The molecule has 6 heteroatoms. The van der Waals surface area contributed by atoms with Crippen molar-refractivity contribution in [2.75, 3.05) is 13.2 Å². The Bertz CT molecular complexity index is 368. The van der Waals surface area contributed by atoms with Crippen molar-refractivity contribution in [2.24, 2.45) is 5.10 Å². The first-order chi connectivity index (χ1) is 8.72. The summed E-state index contributed by atoms with van der Waals surface area (Å²) in [6.07, 6.45) is 4.31. The second kappa shape index (κ2) is 5.95. The molecule has 0 bridgehead atoms. The summed E-state index contributed by atoms with van der Waals surface area (Å²) in [7, 11) is 0. The molecule has 1 saturated heterocycles. The highest BCUT2D eigenvalue weighted by molar-refractivity contribution is 6.39. The molecule has 0 aromatic carbocycles. The average molecular weight is 253 g/mol. The number of rotatable bonds is 4. The van der Waals surface area contributed by atoms with Gasteiger partial charge >= 0.3 is 0 Å². The number of carbonyl (C=O) groups is 2. The monoisotopic (exact) mass is 253 g/mol. The molecule has 2 heterocycles. The second-order valence-corrected chi connectivity index (χ2v) is 4.75. The molecule has 100 valence electrons. The summed E-state index contributed by atoms with van der Waals surface area (Å²) in [6, 6.07) is 0.213. The standard InChI is InChI=1S/C12H19N3O3/c16-8-2-4-9-3-1-7-15(9)12(18)10-5-6-11(17)14-13-10/h9,16H,1-8H2,(H,14,17). The van der Waals surface area contributed by atoms with Gasteiger partial charge in [-0.05, 0) is 25.7 Å². The Morgan fingerprint density at radius 3 is 3.00 bits per heavy atom. The summed E-state index contributed by atoms with van der Waals surface area (Å²) in [5.41, 5.74) is 2.81. The molecular formula is C12H19N3O3. The van der Waals surface area contributed by atoms with Crippen molar-refractivity contribution in [3.63, 3.8) is 0 Å². The minimum Gasteiger partial charge on any atom is -0.396 e. The molecule has 2 amide bonds. The SMILES string of the molecule is O=C1CCC(C(=O)N2CCCC2CCCO)=NN1. The number of hydrogen-bond acceptors (Lipinski definition) is 4. The largest absolute Gasteiger partial charge is 0.396 e. The number of hydrazone groups is 1. The van der Waals surface area contributed by atoms with Crippen LogP contribution in [0.5, 0.6) is 0 Å². The van der Waals surface area contributed by atoms with Gasteiger partial charge in [0.15, 0.2) is 0 Å². The number of carbonyl (C=O) groups excluding carboxylic acids is 2. The Labute approximate surface area is 106 Å². The lowest BCUT2D eigenvalue weighted by Gasteiger charge is -2.25. The van der Waals surface area contributed by atoms with E-state index in [1.165, 1.54) is 0 Å². The molecule has 0 radical (unpaired) electrons. The maximum Gasteiger partial charge on any atom is 0.270 e. The highest BCUT2D eigenvalue weighted by Gasteiger charge is 2.31. The van der Waals surface area contributed by atoms with Crippen LogP contribution in [-0.4, -0.2) is 46.7 Å². The van der Waals surface area contributed by atoms with Crippen molar-refractivity contribution in [3.05, 3.63) is 0 Å². The van der Waals surface area contributed by atoms with E-state index in [0.717, 1.165) is 32.2 Å². The predicted molar refractivity (Wildman–Crippen MR) is 65.9 cm³/mol. The first-order valence-electron chi connectivity index (χ1n) is 6.49. The van der Waals surface area contributed by atoms with Gasteiger partial charge in [-0.15, -0.1) is 0 Å². The highest BCUT2D eigenvalue weighted by atomic mass is 16.3. The van der Waals surface area contributed by atoms with E-state index in [1.54, 1.807) is 0 Å². The van der Waals surface area contributed by atoms with Crippen LogP contribution in [0, 0.1) is 0 Å². The van der Waals surface area contributed by atoms with Gasteiger partial charge in [0.1, 0.15) is 5.71 Å². The van der Waals surface area contributed by atoms with Gasteiger partial charge in [0, 0.05) is 32.0 Å². The molecule has 2 N–H and O–H groups in total. The Kier molecular flexibility index (Phi) is 4.30. The van der Waals surface area contributed by atoms with Crippen LogP contribution in [0.4, 0.5) is 0 Å². The smallest absolute Gasteiger partial charge is 0.270 e. The topological polar surface area (TPSA) is 82.0 Å². The fourth-order valence-corrected chi connectivity index (χ4v) is 2.52. The Hall–Kier alpha value is -1.43. The third-order valence-corrected chi connectivity index (χ3v) is 3.48. The lowest BCUT2D eigenvalue weighted by atomic mass is 10.1. The fourth-order valence-electron chi connectivity index (χ4n) is 2.52. The zero-order valence-electron chi connectivity index (χ0n) is 10.4. The van der Waals surface area contributed by atoms with Crippen molar-refractivity contribution in [1.82, 2.24) is 10.3 Å². The number of aliphatic hydroxyl groups is 1. The maximum atomic E-state index is 12.3. The summed E-state index contributed by atoms with van der Waals surface area (Å²) >= 11 is 0. The minimum absolute atomic E-state index is 0.0598. The van der Waals surface area contributed by atoms with E-state index in [9.17, 15) is 9.59 Å². The molecule has 0 saturated carbocycles. The number of likely N-dealkylation sites (tertiary alicyclic amines) is 1. The molecule has 1 fully saturated rings. The zero-order chi connectivity index (χ0) is 13.0. The van der Waals surface area contributed by atoms with Gasteiger partial charge in [0.25, 0.3) is 5.91 Å². The van der Waals surface area contributed by atoms with Gasteiger partial charge in [-0.1, -0.05) is 0 Å². The van der Waals surface area contributed by atoms with E-state index in [1.807, 2.05) is 4.90 Å². The highest BCUT2D eigenvalue weighted by Crippen LogP contribution is 2.22. The molecule has 0 aromatic heterocycles. The van der Waals surface area contributed by atoms with Crippen LogP contribution in [0.25, 0.3) is 0 Å². The fraction of sp³-hybridized carbons (Fsp3) is 0.750. The lowest BCUT2D eigenvalue weighted by molar-refractivity contribution is -0.125. The Balaban J connectivity index is 1.97. The first kappa shape index (κ1) is 13.0. The number of nitrogens with one attached hydrogen (secondary N) is 1. The molecular weight excluding hydrogens is 234 g/mol. The molecule has 0 spiro atoms. The van der Waals surface area contributed by atoms with E-state index >= 15 is 0 Å². The summed E-state index contributed by atoms with van der Waals surface area (Å²) < 4.78 is 0.